The monoisotopic (exact) mass is 504 g/mol. The number of nitrogens with one attached hydrogen (secondary N) is 1. The highest BCUT2D eigenvalue weighted by molar-refractivity contribution is 7.97. The molecular weight excluding hydrogens is 484 g/mol. The number of benzene rings is 2. The molecule has 0 amide bonds. The molecule has 33 heavy (non-hydrogen) atoms. The van der Waals surface area contributed by atoms with Gasteiger partial charge >= 0.3 is 0 Å². The standard InChI is InChI=1S/C23H21ClN2O5S2/c1-14-4-6-15(7-5-14)13-26-18-8-9-32-23(18)22(27)21(33(26,28)29)12-25-17-10-16(24)19(30-2)11-20(17)31-3/h4-12,25H,13H2,1-3H3/b21-12-. The van der Waals surface area contributed by atoms with Crippen LogP contribution in [-0.2, 0) is 16.6 Å². The molecule has 0 unspecified atom stereocenters. The Hall–Kier alpha value is -3.01. The number of methoxy groups -OCH3 is 2. The summed E-state index contributed by atoms with van der Waals surface area (Å²) in [7, 11) is -1.19. The second kappa shape index (κ2) is 9.09. The molecule has 0 saturated carbocycles. The van der Waals surface area contributed by atoms with Crippen molar-refractivity contribution < 1.29 is 22.7 Å². The Morgan fingerprint density at radius 2 is 1.79 bits per heavy atom. The fourth-order valence-corrected chi connectivity index (χ4v) is 6.16. The molecule has 0 aliphatic carbocycles. The van der Waals surface area contributed by atoms with E-state index in [2.05, 4.69) is 5.32 Å². The molecule has 1 N–H and O–H groups in total. The molecule has 3 aromatic rings. The number of Topliss-reactive ketones (excluding diaryl/α,β-unsaturated/α-hetero) is 1. The number of ketones is 1. The summed E-state index contributed by atoms with van der Waals surface area (Å²) >= 11 is 7.41. The Morgan fingerprint density at radius 1 is 1.09 bits per heavy atom. The normalized spacial score (nSPS) is 15.9. The molecule has 0 bridgehead atoms. The first-order valence-corrected chi connectivity index (χ1v) is 12.5. The third kappa shape index (κ3) is 4.31. The van der Waals surface area contributed by atoms with Crippen LogP contribution in [-0.4, -0.2) is 28.4 Å². The average Bonchev–Trinajstić information content (AvgIpc) is 3.27. The number of rotatable bonds is 6. The first-order valence-electron chi connectivity index (χ1n) is 9.85. The number of allylic oxidation sites excluding steroid dienone is 1. The van der Waals surface area contributed by atoms with Crippen molar-refractivity contribution in [1.82, 2.24) is 0 Å². The van der Waals surface area contributed by atoms with Crippen LogP contribution in [0.4, 0.5) is 11.4 Å². The van der Waals surface area contributed by atoms with Crippen LogP contribution in [0, 0.1) is 6.92 Å². The van der Waals surface area contributed by atoms with E-state index in [1.165, 1.54) is 42.1 Å². The number of carbonyl (C=O) groups excluding carboxylic acids is 1. The first-order chi connectivity index (χ1) is 15.8. The van der Waals surface area contributed by atoms with Crippen LogP contribution in [0.2, 0.25) is 5.02 Å². The van der Waals surface area contributed by atoms with Gasteiger partial charge < -0.3 is 14.8 Å². The Labute approximate surface area is 201 Å². The van der Waals surface area contributed by atoms with Gasteiger partial charge in [0.25, 0.3) is 10.0 Å². The maximum absolute atomic E-state index is 13.5. The van der Waals surface area contributed by atoms with Gasteiger partial charge in [-0.25, -0.2) is 8.42 Å². The van der Waals surface area contributed by atoms with Crippen LogP contribution in [0.1, 0.15) is 20.8 Å². The summed E-state index contributed by atoms with van der Waals surface area (Å²) in [5.41, 5.74) is 2.66. The van der Waals surface area contributed by atoms with Crippen molar-refractivity contribution in [2.24, 2.45) is 0 Å². The van der Waals surface area contributed by atoms with Crippen molar-refractivity contribution in [1.29, 1.82) is 0 Å². The van der Waals surface area contributed by atoms with Gasteiger partial charge in [-0.1, -0.05) is 41.4 Å². The molecule has 0 fully saturated rings. The molecule has 1 aliphatic rings. The quantitative estimate of drug-likeness (QED) is 0.464. The molecule has 1 aliphatic heterocycles. The van der Waals surface area contributed by atoms with Crippen molar-refractivity contribution in [2.45, 2.75) is 13.5 Å². The summed E-state index contributed by atoms with van der Waals surface area (Å²) in [6.45, 7) is 2.07. The maximum atomic E-state index is 13.5. The lowest BCUT2D eigenvalue weighted by atomic mass is 10.1. The fraction of sp³-hybridized carbons (Fsp3) is 0.174. The van der Waals surface area contributed by atoms with Gasteiger partial charge in [-0.3, -0.25) is 9.10 Å². The van der Waals surface area contributed by atoms with E-state index in [0.717, 1.165) is 11.1 Å². The lowest BCUT2D eigenvalue weighted by molar-refractivity contribution is 0.104. The number of nitrogens with zero attached hydrogens (tertiary/aromatic N) is 1. The Bertz CT molecular complexity index is 1350. The van der Waals surface area contributed by atoms with Crippen LogP contribution >= 0.6 is 22.9 Å². The summed E-state index contributed by atoms with van der Waals surface area (Å²) in [5, 5.41) is 4.89. The number of sulfonamides is 1. The minimum Gasteiger partial charge on any atom is -0.495 e. The molecule has 10 heteroatoms. The minimum absolute atomic E-state index is 0.106. The molecule has 0 atom stereocenters. The number of thiophene rings is 1. The SMILES string of the molecule is COc1cc(OC)c(N/C=C2/C(=O)c3sccc3N(Cc3ccc(C)cc3)S2(=O)=O)cc1Cl. The van der Waals surface area contributed by atoms with Gasteiger partial charge in [0.05, 0.1) is 37.2 Å². The van der Waals surface area contributed by atoms with Gasteiger partial charge in [0.2, 0.25) is 5.78 Å². The second-order valence-electron chi connectivity index (χ2n) is 7.30. The van der Waals surface area contributed by atoms with E-state index >= 15 is 0 Å². The van der Waals surface area contributed by atoms with Crippen LogP contribution in [0.3, 0.4) is 0 Å². The number of fused-ring (bicyclic) bond motifs is 1. The summed E-state index contributed by atoms with van der Waals surface area (Å²) in [6, 6.07) is 12.4. The van der Waals surface area contributed by atoms with Crippen LogP contribution in [0.5, 0.6) is 11.5 Å². The van der Waals surface area contributed by atoms with E-state index in [1.807, 2.05) is 31.2 Å². The number of carbonyl (C=O) groups is 1. The van der Waals surface area contributed by atoms with Crippen LogP contribution in [0.15, 0.2) is 58.9 Å². The van der Waals surface area contributed by atoms with E-state index in [1.54, 1.807) is 17.5 Å². The predicted molar refractivity (Wildman–Crippen MR) is 131 cm³/mol. The number of hydrogen-bond acceptors (Lipinski definition) is 7. The zero-order chi connectivity index (χ0) is 23.8. The molecule has 2 heterocycles. The summed E-state index contributed by atoms with van der Waals surface area (Å²) in [6.07, 6.45) is 1.18. The summed E-state index contributed by atoms with van der Waals surface area (Å²) in [5.74, 6) is 0.217. The van der Waals surface area contributed by atoms with Crippen molar-refractivity contribution in [2.75, 3.05) is 23.8 Å². The number of halogens is 1. The van der Waals surface area contributed by atoms with Crippen LogP contribution < -0.4 is 19.1 Å². The predicted octanol–water partition coefficient (Wildman–Crippen LogP) is 5.21. The maximum Gasteiger partial charge on any atom is 0.270 e. The molecule has 0 spiro atoms. The molecular formula is C23H21ClN2O5S2. The molecule has 2 aromatic carbocycles. The van der Waals surface area contributed by atoms with Crippen LogP contribution in [0.25, 0.3) is 0 Å². The number of aryl methyl sites for hydroxylation is 1. The highest BCUT2D eigenvalue weighted by Crippen LogP contribution is 2.40. The highest BCUT2D eigenvalue weighted by atomic mass is 35.5. The van der Waals surface area contributed by atoms with Gasteiger partial charge in [0, 0.05) is 12.3 Å². The Balaban J connectivity index is 1.75. The fourth-order valence-electron chi connectivity index (χ4n) is 3.43. The first kappa shape index (κ1) is 23.2. The zero-order valence-electron chi connectivity index (χ0n) is 18.1. The van der Waals surface area contributed by atoms with Crippen molar-refractivity contribution >= 4 is 50.1 Å². The van der Waals surface area contributed by atoms with E-state index < -0.39 is 15.8 Å². The minimum atomic E-state index is -4.13. The van der Waals surface area contributed by atoms with Gasteiger partial charge in [-0.2, -0.15) is 0 Å². The van der Waals surface area contributed by atoms with Crippen molar-refractivity contribution in [3.63, 3.8) is 0 Å². The van der Waals surface area contributed by atoms with Gasteiger partial charge in [-0.05, 0) is 30.0 Å². The lowest BCUT2D eigenvalue weighted by Crippen LogP contribution is -2.38. The van der Waals surface area contributed by atoms with Crippen molar-refractivity contribution in [3.8, 4) is 11.5 Å². The largest absolute Gasteiger partial charge is 0.495 e. The topological polar surface area (TPSA) is 84.9 Å². The molecule has 7 nitrogen and oxygen atoms in total. The Kier molecular flexibility index (Phi) is 6.38. The van der Waals surface area contributed by atoms with Gasteiger partial charge in [0.1, 0.15) is 16.4 Å². The molecule has 1 aromatic heterocycles. The summed E-state index contributed by atoms with van der Waals surface area (Å²) < 4.78 is 38.8. The van der Waals surface area contributed by atoms with Gasteiger partial charge in [-0.15, -0.1) is 11.3 Å². The lowest BCUT2D eigenvalue weighted by Gasteiger charge is -2.29. The van der Waals surface area contributed by atoms with E-state index in [0.29, 0.717) is 32.8 Å². The molecule has 0 saturated heterocycles. The number of anilines is 2. The number of ether oxygens (including phenoxy) is 2. The number of hydrogen-bond donors (Lipinski definition) is 1. The van der Waals surface area contributed by atoms with E-state index in [-0.39, 0.29) is 11.4 Å². The third-order valence-corrected chi connectivity index (χ3v) is 8.15. The molecule has 0 radical (unpaired) electrons. The van der Waals surface area contributed by atoms with Crippen molar-refractivity contribution in [3.05, 3.63) is 80.0 Å². The summed E-state index contributed by atoms with van der Waals surface area (Å²) in [4.78, 5) is 13.1. The van der Waals surface area contributed by atoms with Gasteiger partial charge in [0.15, 0.2) is 4.91 Å². The van der Waals surface area contributed by atoms with E-state index in [4.69, 9.17) is 21.1 Å². The average molecular weight is 505 g/mol. The molecule has 172 valence electrons. The zero-order valence-corrected chi connectivity index (χ0v) is 20.5. The second-order valence-corrected chi connectivity index (χ2v) is 10.5. The molecule has 4 rings (SSSR count). The smallest absolute Gasteiger partial charge is 0.270 e. The van der Waals surface area contributed by atoms with E-state index in [9.17, 15) is 13.2 Å². The third-order valence-electron chi connectivity index (χ3n) is 5.19. The Morgan fingerprint density at radius 3 is 2.45 bits per heavy atom. The highest BCUT2D eigenvalue weighted by Gasteiger charge is 2.41.